The zero-order chi connectivity index (χ0) is 14.7. The zero-order valence-corrected chi connectivity index (χ0v) is 13.2. The van der Waals surface area contributed by atoms with E-state index in [2.05, 4.69) is 15.9 Å². The maximum absolute atomic E-state index is 12.6. The van der Waals surface area contributed by atoms with Gasteiger partial charge in [0.25, 0.3) is 5.91 Å². The first-order chi connectivity index (χ1) is 9.49. The number of rotatable bonds is 4. The predicted molar refractivity (Wildman–Crippen MR) is 80.1 cm³/mol. The largest absolute Gasteiger partial charge is 0.480 e. The molecule has 0 radical (unpaired) electrons. The molecule has 20 heavy (non-hydrogen) atoms. The third-order valence-corrected chi connectivity index (χ3v) is 4.31. The Morgan fingerprint density at radius 2 is 2.00 bits per heavy atom. The molecule has 0 heterocycles. The van der Waals surface area contributed by atoms with Crippen LogP contribution in [0.15, 0.2) is 22.7 Å². The summed E-state index contributed by atoms with van der Waals surface area (Å²) in [4.78, 5) is 25.0. The highest BCUT2D eigenvalue weighted by Gasteiger charge is 2.30. The number of nitrogens with zero attached hydrogens (tertiary/aromatic N) is 1. The van der Waals surface area contributed by atoms with Crippen LogP contribution in [0.25, 0.3) is 0 Å². The van der Waals surface area contributed by atoms with E-state index in [1.807, 2.05) is 0 Å². The topological polar surface area (TPSA) is 57.6 Å². The van der Waals surface area contributed by atoms with Crippen molar-refractivity contribution in [3.05, 3.63) is 33.3 Å². The minimum Gasteiger partial charge on any atom is -0.480 e. The number of carbonyl (C=O) groups excluding carboxylic acids is 1. The molecule has 108 valence electrons. The quantitative estimate of drug-likeness (QED) is 0.893. The van der Waals surface area contributed by atoms with Gasteiger partial charge in [0.1, 0.15) is 6.54 Å². The molecule has 1 amide bonds. The predicted octanol–water partition coefficient (Wildman–Crippen LogP) is 3.57. The van der Waals surface area contributed by atoms with Gasteiger partial charge >= 0.3 is 5.97 Å². The standard InChI is InChI=1S/C14H15BrClNO3/c15-9-5-6-12(16)11(7-9)14(20)17(8-13(18)19)10-3-1-2-4-10/h5-7,10H,1-4,8H2,(H,18,19). The average Bonchev–Trinajstić information content (AvgIpc) is 2.91. The maximum atomic E-state index is 12.6. The third kappa shape index (κ3) is 3.52. The van der Waals surface area contributed by atoms with Crippen molar-refractivity contribution in [1.82, 2.24) is 4.90 Å². The maximum Gasteiger partial charge on any atom is 0.323 e. The van der Waals surface area contributed by atoms with Gasteiger partial charge in [0.15, 0.2) is 0 Å². The number of hydrogen-bond acceptors (Lipinski definition) is 2. The molecular formula is C14H15BrClNO3. The van der Waals surface area contributed by atoms with Gasteiger partial charge in [0.05, 0.1) is 10.6 Å². The molecule has 1 aliphatic carbocycles. The number of halogens is 2. The molecule has 1 aromatic rings. The summed E-state index contributed by atoms with van der Waals surface area (Å²) in [6, 6.07) is 5.01. The summed E-state index contributed by atoms with van der Waals surface area (Å²) in [5.41, 5.74) is 0.342. The summed E-state index contributed by atoms with van der Waals surface area (Å²) in [6.07, 6.45) is 3.76. The van der Waals surface area contributed by atoms with Gasteiger partial charge in [-0.15, -0.1) is 0 Å². The number of carboxylic acid groups (broad SMARTS) is 1. The number of aliphatic carboxylic acids is 1. The van der Waals surface area contributed by atoms with Gasteiger partial charge < -0.3 is 10.0 Å². The van der Waals surface area contributed by atoms with Crippen LogP contribution in [0.5, 0.6) is 0 Å². The number of carbonyl (C=O) groups is 2. The normalized spacial score (nSPS) is 15.3. The summed E-state index contributed by atoms with van der Waals surface area (Å²) in [5, 5.41) is 9.37. The monoisotopic (exact) mass is 359 g/mol. The lowest BCUT2D eigenvalue weighted by atomic mass is 10.1. The lowest BCUT2D eigenvalue weighted by Gasteiger charge is -2.27. The van der Waals surface area contributed by atoms with E-state index in [0.29, 0.717) is 10.6 Å². The van der Waals surface area contributed by atoms with Crippen molar-refractivity contribution in [2.45, 2.75) is 31.7 Å². The third-order valence-electron chi connectivity index (χ3n) is 3.49. The highest BCUT2D eigenvalue weighted by atomic mass is 79.9. The van der Waals surface area contributed by atoms with Crippen LogP contribution in [0.4, 0.5) is 0 Å². The van der Waals surface area contributed by atoms with Crippen molar-refractivity contribution in [2.24, 2.45) is 0 Å². The summed E-state index contributed by atoms with van der Waals surface area (Å²) < 4.78 is 0.743. The second kappa shape index (κ2) is 6.59. The summed E-state index contributed by atoms with van der Waals surface area (Å²) >= 11 is 9.37. The smallest absolute Gasteiger partial charge is 0.323 e. The van der Waals surface area contributed by atoms with Gasteiger partial charge in [-0.1, -0.05) is 40.4 Å². The van der Waals surface area contributed by atoms with Crippen LogP contribution < -0.4 is 0 Å². The SMILES string of the molecule is O=C(O)CN(C(=O)c1cc(Br)ccc1Cl)C1CCCC1. The van der Waals surface area contributed by atoms with Crippen molar-refractivity contribution in [3.63, 3.8) is 0 Å². The van der Waals surface area contributed by atoms with Crippen molar-refractivity contribution in [3.8, 4) is 0 Å². The molecule has 6 heteroatoms. The first-order valence-corrected chi connectivity index (χ1v) is 7.64. The fourth-order valence-corrected chi connectivity index (χ4v) is 3.10. The lowest BCUT2D eigenvalue weighted by Crippen LogP contribution is -2.42. The van der Waals surface area contributed by atoms with Gasteiger partial charge in [0.2, 0.25) is 0 Å². The van der Waals surface area contributed by atoms with E-state index in [1.54, 1.807) is 18.2 Å². The van der Waals surface area contributed by atoms with Gasteiger partial charge in [-0.05, 0) is 31.0 Å². The molecule has 1 N–H and O–H groups in total. The van der Waals surface area contributed by atoms with Gasteiger partial charge in [-0.3, -0.25) is 9.59 Å². The first kappa shape index (κ1) is 15.3. The Kier molecular flexibility index (Phi) is 5.05. The zero-order valence-electron chi connectivity index (χ0n) is 10.8. The molecule has 2 rings (SSSR count). The van der Waals surface area contributed by atoms with E-state index in [9.17, 15) is 9.59 Å². The fraction of sp³-hybridized carbons (Fsp3) is 0.429. The highest BCUT2D eigenvalue weighted by molar-refractivity contribution is 9.10. The molecule has 4 nitrogen and oxygen atoms in total. The average molecular weight is 361 g/mol. The van der Waals surface area contributed by atoms with Crippen molar-refractivity contribution in [2.75, 3.05) is 6.54 Å². The highest BCUT2D eigenvalue weighted by Crippen LogP contribution is 2.28. The summed E-state index contributed by atoms with van der Waals surface area (Å²) in [5.74, 6) is -1.32. The molecule has 0 unspecified atom stereocenters. The minimum absolute atomic E-state index is 0.00588. The molecule has 1 saturated carbocycles. The Balaban J connectivity index is 2.29. The molecule has 1 fully saturated rings. The Morgan fingerprint density at radius 3 is 2.60 bits per heavy atom. The molecule has 0 aromatic heterocycles. The Hall–Kier alpha value is -1.07. The van der Waals surface area contributed by atoms with Crippen molar-refractivity contribution >= 4 is 39.4 Å². The van der Waals surface area contributed by atoms with E-state index >= 15 is 0 Å². The molecule has 0 aliphatic heterocycles. The Morgan fingerprint density at radius 1 is 1.35 bits per heavy atom. The van der Waals surface area contributed by atoms with Gasteiger partial charge in [0, 0.05) is 10.5 Å². The van der Waals surface area contributed by atoms with Crippen LogP contribution in [0.3, 0.4) is 0 Å². The van der Waals surface area contributed by atoms with E-state index in [1.165, 1.54) is 4.90 Å². The molecule has 1 aromatic carbocycles. The second-order valence-corrected chi connectivity index (χ2v) is 6.21. The van der Waals surface area contributed by atoms with Gasteiger partial charge in [-0.2, -0.15) is 0 Å². The van der Waals surface area contributed by atoms with Crippen molar-refractivity contribution < 1.29 is 14.7 Å². The Labute approximate surface area is 130 Å². The molecule has 0 atom stereocenters. The minimum atomic E-state index is -1.00. The fourth-order valence-electron chi connectivity index (χ4n) is 2.54. The van der Waals surface area contributed by atoms with Crippen molar-refractivity contribution in [1.29, 1.82) is 0 Å². The molecule has 0 spiro atoms. The van der Waals surface area contributed by atoms with Crippen LogP contribution >= 0.6 is 27.5 Å². The molecule has 0 saturated heterocycles. The van der Waals surface area contributed by atoms with Crippen LogP contribution in [0.1, 0.15) is 36.0 Å². The number of hydrogen-bond donors (Lipinski definition) is 1. The first-order valence-electron chi connectivity index (χ1n) is 6.47. The molecular weight excluding hydrogens is 346 g/mol. The summed E-state index contributed by atoms with van der Waals surface area (Å²) in [7, 11) is 0. The lowest BCUT2D eigenvalue weighted by molar-refractivity contribution is -0.138. The van der Waals surface area contributed by atoms with Crippen LogP contribution in [-0.4, -0.2) is 34.5 Å². The van der Waals surface area contributed by atoms with Crippen LogP contribution in [-0.2, 0) is 4.79 Å². The van der Waals surface area contributed by atoms with Gasteiger partial charge in [-0.25, -0.2) is 0 Å². The summed E-state index contributed by atoms with van der Waals surface area (Å²) in [6.45, 7) is -0.285. The molecule has 1 aliphatic rings. The van der Waals surface area contributed by atoms with E-state index in [4.69, 9.17) is 16.7 Å². The van der Waals surface area contributed by atoms with E-state index < -0.39 is 5.97 Å². The van der Waals surface area contributed by atoms with Crippen LogP contribution in [0, 0.1) is 0 Å². The molecule has 0 bridgehead atoms. The van der Waals surface area contributed by atoms with Crippen LogP contribution in [0.2, 0.25) is 5.02 Å². The second-order valence-electron chi connectivity index (χ2n) is 4.89. The van der Waals surface area contributed by atoms with E-state index in [-0.39, 0.29) is 18.5 Å². The Bertz CT molecular complexity index is 529. The number of benzene rings is 1. The van der Waals surface area contributed by atoms with E-state index in [0.717, 1.165) is 30.2 Å². The number of carboxylic acids is 1. The number of amides is 1.